The molecule has 3 fully saturated rings. The third-order valence-electron chi connectivity index (χ3n) is 11.4. The van der Waals surface area contributed by atoms with Crippen molar-refractivity contribution in [2.75, 3.05) is 56.8 Å². The SMILES string of the molecule is Cn1c[n+]([C@@H](CO)O[C@@H](CO)COP(=O)([O-])OP(=O)(O)OP(=O)(O)OC[C@@]23COC([C@H](n4cnc5c(N)ncnc54)O2)[C@H]3OP(=O)([O-])OC[C@H]2O[C@@H](n3cnc4c(=O)[nH]c(N)nc43)C(O)[C@H]2O)c2nc(N)[nH]c(=O)c21. The van der Waals surface area contributed by atoms with E-state index in [1.54, 1.807) is 0 Å². The van der Waals surface area contributed by atoms with Crippen LogP contribution in [0.15, 0.2) is 34.9 Å². The van der Waals surface area contributed by atoms with E-state index in [-0.39, 0.29) is 51.2 Å². The predicted molar refractivity (Wildman–Crippen MR) is 235 cm³/mol. The molecular weight excluding hydrogens is 1100 g/mol. The van der Waals surface area contributed by atoms with Crippen molar-refractivity contribution in [2.45, 2.75) is 60.9 Å². The van der Waals surface area contributed by atoms with Gasteiger partial charge in [-0.15, -0.1) is 0 Å². The van der Waals surface area contributed by atoms with Gasteiger partial charge in [0.2, 0.25) is 17.7 Å². The monoisotopic (exact) mass is 1140 g/mol. The van der Waals surface area contributed by atoms with Crippen molar-refractivity contribution < 1.29 is 108 Å². The third-order valence-corrected chi connectivity index (χ3v) is 16.6. The fraction of sp³-hybridized carbons (Fsp3) is 0.531. The minimum atomic E-state index is -6.28. The van der Waals surface area contributed by atoms with Crippen molar-refractivity contribution >= 4 is 82.5 Å². The Balaban J connectivity index is 0.866. The molecule has 9 rings (SSSR count). The number of hydrogen-bond donors (Lipinski definition) is 11. The Hall–Kier alpha value is -5.15. The fourth-order valence-corrected chi connectivity index (χ4v) is 12.7. The molecule has 410 valence electrons. The molecule has 3 saturated heterocycles. The highest BCUT2D eigenvalue weighted by atomic mass is 31.3. The number of nitrogens with one attached hydrogen (secondary N) is 2. The lowest BCUT2D eigenvalue weighted by Gasteiger charge is -2.34. The first-order valence-corrected chi connectivity index (χ1v) is 27.1. The normalized spacial score (nSPS) is 27.9. The van der Waals surface area contributed by atoms with Gasteiger partial charge in [0.25, 0.3) is 32.7 Å². The molecule has 43 heteroatoms. The lowest BCUT2D eigenvalue weighted by atomic mass is 10.0. The van der Waals surface area contributed by atoms with Crippen LogP contribution in [0.25, 0.3) is 33.5 Å². The lowest BCUT2D eigenvalue weighted by molar-refractivity contribution is -0.746. The van der Waals surface area contributed by atoms with Crippen LogP contribution in [0.3, 0.4) is 0 Å². The number of H-pyrrole nitrogens is 2. The molecule has 0 saturated carbocycles. The summed E-state index contributed by atoms with van der Waals surface area (Å²) < 4.78 is 109. The maximum absolute atomic E-state index is 13.6. The third kappa shape index (κ3) is 10.9. The van der Waals surface area contributed by atoms with Crippen LogP contribution in [0.1, 0.15) is 18.7 Å². The minimum absolute atomic E-state index is 0.00182. The average Bonchev–Trinajstić information content (AvgIpc) is 4.19. The fourth-order valence-electron chi connectivity index (χ4n) is 8.21. The number of aromatic amines is 2. The predicted octanol–water partition coefficient (Wildman–Crippen LogP) is -5.97. The summed E-state index contributed by atoms with van der Waals surface area (Å²) in [6.07, 6.45) is -10.4. The smallest absolute Gasteiger partial charge is 0.487 e. The highest BCUT2D eigenvalue weighted by Gasteiger charge is 2.65. The molecular formula is C32H42N15O24P4-. The van der Waals surface area contributed by atoms with Gasteiger partial charge in [-0.25, -0.2) is 37.9 Å². The lowest BCUT2D eigenvalue weighted by Crippen LogP contribution is -2.46. The number of ether oxygens (including phenoxy) is 4. The van der Waals surface area contributed by atoms with Crippen LogP contribution in [-0.2, 0) is 71.0 Å². The summed E-state index contributed by atoms with van der Waals surface area (Å²) in [5.74, 6) is -0.733. The Morgan fingerprint density at radius 2 is 1.56 bits per heavy atom. The van der Waals surface area contributed by atoms with Gasteiger partial charge in [0.15, 0.2) is 41.4 Å². The quantitative estimate of drug-likeness (QED) is 0.0223. The molecule has 3 aliphatic heterocycles. The molecule has 0 aliphatic carbocycles. The molecule has 39 nitrogen and oxygen atoms in total. The van der Waals surface area contributed by atoms with Gasteiger partial charge in [-0.05, 0) is 0 Å². The number of nitrogens with zero attached hydrogens (tertiary/aromatic N) is 10. The van der Waals surface area contributed by atoms with Crippen LogP contribution in [0, 0.1) is 0 Å². The van der Waals surface area contributed by atoms with E-state index in [0.29, 0.717) is 0 Å². The average molecular weight is 1140 g/mol. The Labute approximate surface area is 414 Å². The maximum Gasteiger partial charge on any atom is 0.487 e. The maximum atomic E-state index is 13.6. The zero-order valence-electron chi connectivity index (χ0n) is 37.8. The Morgan fingerprint density at radius 1 is 0.867 bits per heavy atom. The summed E-state index contributed by atoms with van der Waals surface area (Å²) in [5.41, 5.74) is 13.0. The number of imidazole rings is 3. The molecule has 0 aromatic carbocycles. The second-order valence-corrected chi connectivity index (χ2v) is 22.4. The summed E-state index contributed by atoms with van der Waals surface area (Å²) >= 11 is 0. The van der Waals surface area contributed by atoms with Crippen molar-refractivity contribution in [3.63, 3.8) is 0 Å². The van der Waals surface area contributed by atoms with Gasteiger partial charge in [0.1, 0.15) is 60.7 Å². The van der Waals surface area contributed by atoms with Crippen molar-refractivity contribution in [3.8, 4) is 0 Å². The van der Waals surface area contributed by atoms with Gasteiger partial charge in [-0.1, -0.05) is 4.98 Å². The minimum Gasteiger partial charge on any atom is -0.756 e. The zero-order chi connectivity index (χ0) is 54.2. The van der Waals surface area contributed by atoms with E-state index in [4.69, 9.17) is 49.7 Å². The van der Waals surface area contributed by atoms with Crippen LogP contribution < -0.4 is 42.7 Å². The van der Waals surface area contributed by atoms with E-state index in [2.05, 4.69) is 53.0 Å². The number of aliphatic hydroxyl groups excluding tert-OH is 4. The molecule has 0 spiro atoms. The molecule has 14 N–H and O–H groups in total. The number of aliphatic hydroxyl groups is 4. The second-order valence-electron chi connectivity index (χ2n) is 16.5. The van der Waals surface area contributed by atoms with Crippen molar-refractivity contribution in [3.05, 3.63) is 46.0 Å². The molecule has 6 unspecified atom stereocenters. The number of anilines is 3. The van der Waals surface area contributed by atoms with E-state index in [1.807, 2.05) is 0 Å². The van der Waals surface area contributed by atoms with Crippen molar-refractivity contribution in [2.24, 2.45) is 7.05 Å². The Kier molecular flexibility index (Phi) is 14.8. The first-order chi connectivity index (χ1) is 35.2. The highest BCUT2D eigenvalue weighted by Crippen LogP contribution is 2.67. The second kappa shape index (κ2) is 20.3. The first-order valence-electron chi connectivity index (χ1n) is 21.2. The molecule has 3 aliphatic rings. The van der Waals surface area contributed by atoms with Crippen molar-refractivity contribution in [1.29, 1.82) is 0 Å². The Bertz CT molecular complexity index is 3470. The number of nitrogens with two attached hydrogens (primary N) is 3. The number of nitrogen functional groups attached to an aromatic ring is 3. The van der Waals surface area contributed by atoms with Gasteiger partial charge in [0.05, 0.1) is 52.7 Å². The summed E-state index contributed by atoms with van der Waals surface area (Å²) in [6, 6.07) is 0. The van der Waals surface area contributed by atoms with Gasteiger partial charge >= 0.3 is 21.3 Å². The zero-order valence-corrected chi connectivity index (χ0v) is 41.4. The molecule has 75 heavy (non-hydrogen) atoms. The highest BCUT2D eigenvalue weighted by molar-refractivity contribution is 7.66. The molecule has 6 aromatic rings. The van der Waals surface area contributed by atoms with Crippen LogP contribution >= 0.6 is 31.3 Å². The molecule has 14 atom stereocenters. The molecule has 6 aromatic heterocycles. The number of aromatic nitrogens is 12. The molecule has 9 heterocycles. The summed E-state index contributed by atoms with van der Waals surface area (Å²) in [5, 5.41) is 41.7. The van der Waals surface area contributed by atoms with E-state index in [0.717, 1.165) is 28.1 Å². The molecule has 0 amide bonds. The number of phosphoric ester groups is 3. The van der Waals surface area contributed by atoms with Gasteiger partial charge in [-0.3, -0.25) is 46.9 Å². The van der Waals surface area contributed by atoms with E-state index in [9.17, 15) is 67.8 Å². The number of phosphoric acid groups is 4. The van der Waals surface area contributed by atoms with Crippen molar-refractivity contribution in [1.82, 2.24) is 53.6 Å². The number of rotatable bonds is 22. The van der Waals surface area contributed by atoms with E-state index < -0.39 is 143 Å². The molecule has 2 bridgehead atoms. The molecule has 0 radical (unpaired) electrons. The largest absolute Gasteiger partial charge is 0.756 e. The number of fused-ring (bicyclic) bond motifs is 5. The van der Waals surface area contributed by atoms with Crippen LogP contribution in [0.2, 0.25) is 0 Å². The van der Waals surface area contributed by atoms with Gasteiger partial charge in [0, 0.05) is 0 Å². The number of aryl methyl sites for hydroxylation is 1. The van der Waals surface area contributed by atoms with Crippen LogP contribution in [0.4, 0.5) is 17.7 Å². The summed E-state index contributed by atoms with van der Waals surface area (Å²) in [4.78, 5) is 101. The summed E-state index contributed by atoms with van der Waals surface area (Å²) in [6.45, 7) is -6.16. The van der Waals surface area contributed by atoms with E-state index in [1.165, 1.54) is 22.5 Å². The van der Waals surface area contributed by atoms with Gasteiger partial charge < -0.3 is 89.7 Å². The van der Waals surface area contributed by atoms with Gasteiger partial charge in [-0.2, -0.15) is 9.29 Å². The van der Waals surface area contributed by atoms with Crippen LogP contribution in [-0.4, -0.2) is 166 Å². The van der Waals surface area contributed by atoms with E-state index >= 15 is 0 Å². The first kappa shape index (κ1) is 54.6. The topological polar surface area (TPSA) is 568 Å². The Morgan fingerprint density at radius 3 is 2.28 bits per heavy atom. The van der Waals surface area contributed by atoms with Crippen LogP contribution in [0.5, 0.6) is 0 Å². The standard InChI is InChI=1S/C32H43N15O24P4/c1-44-11-47(25-17(44)27(53)43-31(35)41-25)14(3-49)66-12(2-48)4-63-73(56,57)70-75(60,61)71-74(58,59)65-7-32-6-62-20(29(68-32)45-9-38-15-22(33)36-8-37-23(15)45)21(32)69-72(54,55)64-5-13-18(50)19(51)28(67-13)46-10-39-16-24(46)40-30(34)42-26(16)52/h8-14,18-21,28-29,48-51H,2-7H2,1H3,(H11-,33,34,35,36,37,40,41,42,43,52,53,54,55,56,57,58,59,60,61)/p-1/t12-,13+,14+,18-,19?,20?,21+,28+,29+,32+/m0/s1. The summed E-state index contributed by atoms with van der Waals surface area (Å²) in [7, 11) is -22.6. The number of hydrogen-bond acceptors (Lipinski definition) is 31.